The van der Waals surface area contributed by atoms with E-state index in [2.05, 4.69) is 56.1 Å². The fourth-order valence-corrected chi connectivity index (χ4v) is 3.44. The van der Waals surface area contributed by atoms with Gasteiger partial charge in [0.15, 0.2) is 0 Å². The van der Waals surface area contributed by atoms with Crippen molar-refractivity contribution >= 4 is 0 Å². The Bertz CT molecular complexity index is 600. The number of aromatic nitrogens is 1. The van der Waals surface area contributed by atoms with Crippen LogP contribution in [-0.4, -0.2) is 4.98 Å². The van der Waals surface area contributed by atoms with E-state index in [1.807, 2.05) is 6.20 Å². The van der Waals surface area contributed by atoms with Crippen LogP contribution in [0, 0.1) is 13.8 Å². The minimum absolute atomic E-state index is 0.590. The Kier molecular flexibility index (Phi) is 3.14. The second-order valence-electron chi connectivity index (χ2n) is 5.82. The zero-order valence-electron chi connectivity index (χ0n) is 12.0. The zero-order valence-corrected chi connectivity index (χ0v) is 12.0. The van der Waals surface area contributed by atoms with Crippen molar-refractivity contribution in [3.05, 3.63) is 64.5 Å². The van der Waals surface area contributed by atoms with Crippen LogP contribution in [0.15, 0.2) is 36.5 Å². The van der Waals surface area contributed by atoms with Crippen LogP contribution in [0.3, 0.4) is 0 Å². The Labute approximate surface area is 115 Å². The van der Waals surface area contributed by atoms with Gasteiger partial charge in [-0.2, -0.15) is 0 Å². The second kappa shape index (κ2) is 4.80. The maximum absolute atomic E-state index is 4.54. The molecule has 1 heteroatoms. The van der Waals surface area contributed by atoms with Crippen molar-refractivity contribution in [3.63, 3.8) is 0 Å². The van der Waals surface area contributed by atoms with Crippen molar-refractivity contribution in [2.45, 2.75) is 45.4 Å². The molecule has 0 saturated carbocycles. The molecule has 1 unspecified atom stereocenters. The van der Waals surface area contributed by atoms with E-state index < -0.39 is 0 Å². The van der Waals surface area contributed by atoms with Gasteiger partial charge in [0, 0.05) is 11.9 Å². The van der Waals surface area contributed by atoms with Gasteiger partial charge in [0.2, 0.25) is 0 Å². The first-order valence-corrected chi connectivity index (χ1v) is 7.18. The molecule has 1 heterocycles. The van der Waals surface area contributed by atoms with E-state index in [1.165, 1.54) is 40.8 Å². The smallest absolute Gasteiger partial charge is 0.0407 e. The topological polar surface area (TPSA) is 12.9 Å². The number of rotatable bonds is 1. The van der Waals surface area contributed by atoms with Gasteiger partial charge in [-0.05, 0) is 60.8 Å². The summed E-state index contributed by atoms with van der Waals surface area (Å²) >= 11 is 0. The maximum Gasteiger partial charge on any atom is 0.0407 e. The third-order valence-corrected chi connectivity index (χ3v) is 4.54. The lowest BCUT2D eigenvalue weighted by Gasteiger charge is -2.32. The lowest BCUT2D eigenvalue weighted by Crippen LogP contribution is -2.18. The van der Waals surface area contributed by atoms with Gasteiger partial charge in [0.1, 0.15) is 0 Å². The summed E-state index contributed by atoms with van der Waals surface area (Å²) in [6, 6.07) is 11.2. The zero-order chi connectivity index (χ0) is 13.4. The van der Waals surface area contributed by atoms with E-state index in [9.17, 15) is 0 Å². The van der Waals surface area contributed by atoms with E-state index in [4.69, 9.17) is 0 Å². The highest BCUT2D eigenvalue weighted by atomic mass is 14.7. The van der Waals surface area contributed by atoms with Crippen LogP contribution in [0.5, 0.6) is 0 Å². The molecule has 0 fully saturated rings. The van der Waals surface area contributed by atoms with Crippen LogP contribution in [0.4, 0.5) is 0 Å². The molecule has 0 aliphatic heterocycles. The number of hydrogen-bond donors (Lipinski definition) is 0. The Balaban J connectivity index is 2.02. The summed E-state index contributed by atoms with van der Waals surface area (Å²) in [6.45, 7) is 6.64. The largest absolute Gasteiger partial charge is 0.261 e. The van der Waals surface area contributed by atoms with Gasteiger partial charge >= 0.3 is 0 Å². The first-order chi connectivity index (χ1) is 9.16. The summed E-state index contributed by atoms with van der Waals surface area (Å²) in [7, 11) is 0. The van der Waals surface area contributed by atoms with Gasteiger partial charge < -0.3 is 0 Å². The quantitative estimate of drug-likeness (QED) is 0.725. The van der Waals surface area contributed by atoms with Crippen LogP contribution in [0.1, 0.15) is 53.1 Å². The highest BCUT2D eigenvalue weighted by Crippen LogP contribution is 2.42. The number of aryl methyl sites for hydroxylation is 3. The van der Waals surface area contributed by atoms with Gasteiger partial charge in [-0.15, -0.1) is 0 Å². The molecule has 1 aliphatic carbocycles. The van der Waals surface area contributed by atoms with E-state index in [1.54, 1.807) is 0 Å². The van der Waals surface area contributed by atoms with Crippen molar-refractivity contribution in [3.8, 4) is 0 Å². The summed E-state index contributed by atoms with van der Waals surface area (Å²) in [5.74, 6) is 1.20. The molecule has 3 rings (SSSR count). The first-order valence-electron chi connectivity index (χ1n) is 7.18. The molecule has 2 atom stereocenters. The van der Waals surface area contributed by atoms with Gasteiger partial charge in [-0.3, -0.25) is 4.98 Å². The van der Waals surface area contributed by atoms with Crippen LogP contribution in [0.25, 0.3) is 0 Å². The van der Waals surface area contributed by atoms with Gasteiger partial charge in [0.25, 0.3) is 0 Å². The molecule has 1 aromatic carbocycles. The highest BCUT2D eigenvalue weighted by Gasteiger charge is 2.28. The van der Waals surface area contributed by atoms with Crippen molar-refractivity contribution < 1.29 is 0 Å². The molecule has 98 valence electrons. The summed E-state index contributed by atoms with van der Waals surface area (Å²) < 4.78 is 0. The molecule has 0 saturated heterocycles. The first kappa shape index (κ1) is 12.4. The standard InChI is InChI=1S/C18H21N/c1-12-10-18(14(3)19-11-12)17-9-8-15-6-4-5-7-16(15)13(17)2/h4-7,10-11,13,17H,8-9H2,1-3H3/t13-,17?/m1/s1. The number of hydrogen-bond acceptors (Lipinski definition) is 1. The molecule has 1 nitrogen and oxygen atoms in total. The minimum atomic E-state index is 0.590. The SMILES string of the molecule is Cc1cnc(C)c(C2CCc3ccccc3[C@H]2C)c1. The molecule has 1 aliphatic rings. The van der Waals surface area contributed by atoms with Gasteiger partial charge in [0.05, 0.1) is 0 Å². The third kappa shape index (κ3) is 2.18. The predicted octanol–water partition coefficient (Wildman–Crippen LogP) is 4.53. The van der Waals surface area contributed by atoms with Crippen molar-refractivity contribution in [1.29, 1.82) is 0 Å². The van der Waals surface area contributed by atoms with E-state index in [-0.39, 0.29) is 0 Å². The highest BCUT2D eigenvalue weighted by molar-refractivity contribution is 5.39. The average Bonchev–Trinajstić information content (AvgIpc) is 2.43. The molecular formula is C18H21N. The Morgan fingerprint density at radius 3 is 2.74 bits per heavy atom. The minimum Gasteiger partial charge on any atom is -0.261 e. The van der Waals surface area contributed by atoms with Crippen LogP contribution >= 0.6 is 0 Å². The molecule has 0 amide bonds. The number of nitrogens with zero attached hydrogens (tertiary/aromatic N) is 1. The molecule has 2 aromatic rings. The van der Waals surface area contributed by atoms with Crippen LogP contribution in [-0.2, 0) is 6.42 Å². The normalized spacial score (nSPS) is 22.1. The van der Waals surface area contributed by atoms with Gasteiger partial charge in [-0.25, -0.2) is 0 Å². The van der Waals surface area contributed by atoms with Crippen molar-refractivity contribution in [2.24, 2.45) is 0 Å². The van der Waals surface area contributed by atoms with E-state index in [0.29, 0.717) is 11.8 Å². The lowest BCUT2D eigenvalue weighted by molar-refractivity contribution is 0.498. The molecule has 19 heavy (non-hydrogen) atoms. The molecule has 0 bridgehead atoms. The van der Waals surface area contributed by atoms with Crippen LogP contribution in [0.2, 0.25) is 0 Å². The Morgan fingerprint density at radius 1 is 1.11 bits per heavy atom. The molecule has 0 radical (unpaired) electrons. The summed E-state index contributed by atoms with van der Waals surface area (Å²) in [6.07, 6.45) is 4.41. The van der Waals surface area contributed by atoms with Crippen molar-refractivity contribution in [2.75, 3.05) is 0 Å². The molecule has 0 spiro atoms. The monoisotopic (exact) mass is 251 g/mol. The Hall–Kier alpha value is -1.63. The van der Waals surface area contributed by atoms with Crippen LogP contribution < -0.4 is 0 Å². The summed E-state index contributed by atoms with van der Waals surface area (Å²) in [5, 5.41) is 0. The fraction of sp³-hybridized carbons (Fsp3) is 0.389. The second-order valence-corrected chi connectivity index (χ2v) is 5.82. The molecule has 1 aromatic heterocycles. The third-order valence-electron chi connectivity index (χ3n) is 4.54. The molecule has 0 N–H and O–H groups in total. The predicted molar refractivity (Wildman–Crippen MR) is 79.6 cm³/mol. The van der Waals surface area contributed by atoms with E-state index >= 15 is 0 Å². The summed E-state index contributed by atoms with van der Waals surface area (Å²) in [5.41, 5.74) is 6.97. The summed E-state index contributed by atoms with van der Waals surface area (Å²) in [4.78, 5) is 4.54. The number of benzene rings is 1. The van der Waals surface area contributed by atoms with Gasteiger partial charge in [-0.1, -0.05) is 37.3 Å². The average molecular weight is 251 g/mol. The maximum atomic E-state index is 4.54. The lowest BCUT2D eigenvalue weighted by atomic mass is 9.72. The molecular weight excluding hydrogens is 230 g/mol. The fourth-order valence-electron chi connectivity index (χ4n) is 3.44. The number of pyridine rings is 1. The number of fused-ring (bicyclic) bond motifs is 1. The Morgan fingerprint density at radius 2 is 1.89 bits per heavy atom. The van der Waals surface area contributed by atoms with Crippen molar-refractivity contribution in [1.82, 2.24) is 4.98 Å². The van der Waals surface area contributed by atoms with E-state index in [0.717, 1.165) is 0 Å².